The molecule has 0 spiro atoms. The molecular weight excluding hydrogens is 240 g/mol. The van der Waals surface area contributed by atoms with Crippen LogP contribution >= 0.6 is 0 Å². The number of nitrogens with zero attached hydrogens (tertiary/aromatic N) is 3. The van der Waals surface area contributed by atoms with Crippen molar-refractivity contribution in [1.82, 2.24) is 14.9 Å². The van der Waals surface area contributed by atoms with E-state index in [0.717, 1.165) is 10.9 Å². The van der Waals surface area contributed by atoms with Gasteiger partial charge in [-0.25, -0.2) is 4.98 Å². The standard InChI is InChI=1S/C14H20N4O/c1-14(2,18(3)4)9-19-12-10-7-5-6-8-11(10)16-13(15)17-12/h5-8H,9H2,1-4H3,(H2,15,16,17). The molecule has 19 heavy (non-hydrogen) atoms. The van der Waals surface area contributed by atoms with E-state index in [9.17, 15) is 0 Å². The van der Waals surface area contributed by atoms with Gasteiger partial charge in [-0.3, -0.25) is 0 Å². The fourth-order valence-corrected chi connectivity index (χ4v) is 1.55. The number of para-hydroxylation sites is 1. The van der Waals surface area contributed by atoms with Crippen molar-refractivity contribution in [3.63, 3.8) is 0 Å². The van der Waals surface area contributed by atoms with Crippen molar-refractivity contribution in [3.05, 3.63) is 24.3 Å². The molecule has 0 fully saturated rings. The van der Waals surface area contributed by atoms with Gasteiger partial charge in [0.2, 0.25) is 11.8 Å². The zero-order chi connectivity index (χ0) is 14.0. The molecule has 0 radical (unpaired) electrons. The third-order valence-electron chi connectivity index (χ3n) is 3.36. The number of nitrogen functional groups attached to an aromatic ring is 1. The molecule has 102 valence electrons. The lowest BCUT2D eigenvalue weighted by atomic mass is 10.1. The summed E-state index contributed by atoms with van der Waals surface area (Å²) < 4.78 is 5.85. The highest BCUT2D eigenvalue weighted by Gasteiger charge is 2.22. The van der Waals surface area contributed by atoms with E-state index in [0.29, 0.717) is 12.5 Å². The average Bonchev–Trinajstić information content (AvgIpc) is 2.35. The summed E-state index contributed by atoms with van der Waals surface area (Å²) in [7, 11) is 4.05. The topological polar surface area (TPSA) is 64.3 Å². The van der Waals surface area contributed by atoms with Crippen molar-refractivity contribution in [1.29, 1.82) is 0 Å². The van der Waals surface area contributed by atoms with E-state index >= 15 is 0 Å². The van der Waals surface area contributed by atoms with Gasteiger partial charge in [-0.1, -0.05) is 12.1 Å². The fourth-order valence-electron chi connectivity index (χ4n) is 1.55. The molecule has 0 bridgehead atoms. The zero-order valence-electron chi connectivity index (χ0n) is 11.8. The molecule has 1 aromatic carbocycles. The van der Waals surface area contributed by atoms with Gasteiger partial charge in [-0.2, -0.15) is 4.98 Å². The zero-order valence-corrected chi connectivity index (χ0v) is 11.8. The number of nitrogens with two attached hydrogens (primary N) is 1. The Bertz CT molecular complexity index is 581. The van der Waals surface area contributed by atoms with Gasteiger partial charge in [0.15, 0.2) is 0 Å². The lowest BCUT2D eigenvalue weighted by molar-refractivity contribution is 0.112. The lowest BCUT2D eigenvalue weighted by Crippen LogP contribution is -2.43. The number of hydrogen-bond acceptors (Lipinski definition) is 5. The minimum absolute atomic E-state index is 0.0825. The minimum atomic E-state index is -0.0825. The Kier molecular flexibility index (Phi) is 3.57. The molecule has 0 amide bonds. The Morgan fingerprint density at radius 1 is 1.21 bits per heavy atom. The summed E-state index contributed by atoms with van der Waals surface area (Å²) in [5, 5.41) is 0.881. The van der Waals surface area contributed by atoms with Crippen LogP contribution in [0.15, 0.2) is 24.3 Å². The minimum Gasteiger partial charge on any atom is -0.475 e. The van der Waals surface area contributed by atoms with E-state index in [2.05, 4.69) is 28.7 Å². The van der Waals surface area contributed by atoms with Crippen LogP contribution in [0.1, 0.15) is 13.8 Å². The summed E-state index contributed by atoms with van der Waals surface area (Å²) in [6, 6.07) is 7.69. The van der Waals surface area contributed by atoms with Gasteiger partial charge in [-0.05, 0) is 40.1 Å². The maximum Gasteiger partial charge on any atom is 0.226 e. The third kappa shape index (κ3) is 2.93. The van der Waals surface area contributed by atoms with Crippen LogP contribution in [0.2, 0.25) is 0 Å². The second-order valence-electron chi connectivity index (χ2n) is 5.40. The van der Waals surface area contributed by atoms with Crippen LogP contribution in [0.25, 0.3) is 10.9 Å². The monoisotopic (exact) mass is 260 g/mol. The molecular formula is C14H20N4O. The summed E-state index contributed by atoms with van der Waals surface area (Å²) in [5.74, 6) is 0.773. The Morgan fingerprint density at radius 3 is 2.58 bits per heavy atom. The van der Waals surface area contributed by atoms with Crippen LogP contribution < -0.4 is 10.5 Å². The van der Waals surface area contributed by atoms with E-state index in [-0.39, 0.29) is 11.5 Å². The second-order valence-corrected chi connectivity index (χ2v) is 5.40. The molecule has 1 heterocycles. The first-order valence-corrected chi connectivity index (χ1v) is 6.22. The second kappa shape index (κ2) is 5.01. The van der Waals surface area contributed by atoms with Crippen LogP contribution in [0, 0.1) is 0 Å². The van der Waals surface area contributed by atoms with E-state index in [1.165, 1.54) is 0 Å². The number of ether oxygens (including phenoxy) is 1. The van der Waals surface area contributed by atoms with Crippen LogP contribution in [0.3, 0.4) is 0 Å². The van der Waals surface area contributed by atoms with Crippen molar-refractivity contribution in [2.45, 2.75) is 19.4 Å². The molecule has 0 aliphatic heterocycles. The van der Waals surface area contributed by atoms with Gasteiger partial charge in [0.05, 0.1) is 10.9 Å². The van der Waals surface area contributed by atoms with Gasteiger partial charge in [0.25, 0.3) is 0 Å². The Balaban J connectivity index is 2.30. The summed E-state index contributed by atoms with van der Waals surface area (Å²) in [5.41, 5.74) is 6.43. The predicted octanol–water partition coefficient (Wildman–Crippen LogP) is 1.93. The number of aromatic nitrogens is 2. The Labute approximate surface area is 113 Å². The van der Waals surface area contributed by atoms with Crippen molar-refractivity contribution in [3.8, 4) is 5.88 Å². The molecule has 0 unspecified atom stereocenters. The normalized spacial score (nSPS) is 12.1. The van der Waals surface area contributed by atoms with Crippen molar-refractivity contribution >= 4 is 16.9 Å². The molecule has 0 atom stereocenters. The first kappa shape index (κ1) is 13.5. The first-order chi connectivity index (χ1) is 8.90. The largest absolute Gasteiger partial charge is 0.475 e. The molecule has 0 saturated carbocycles. The van der Waals surface area contributed by atoms with Crippen LogP contribution in [0.5, 0.6) is 5.88 Å². The highest BCUT2D eigenvalue weighted by molar-refractivity contribution is 5.84. The fraction of sp³-hybridized carbons (Fsp3) is 0.429. The highest BCUT2D eigenvalue weighted by Crippen LogP contribution is 2.24. The Hall–Kier alpha value is -1.88. The smallest absolute Gasteiger partial charge is 0.226 e. The molecule has 2 aromatic rings. The molecule has 0 saturated heterocycles. The number of likely N-dealkylation sites (N-methyl/N-ethyl adjacent to an activating group) is 1. The van der Waals surface area contributed by atoms with Crippen molar-refractivity contribution in [2.75, 3.05) is 26.4 Å². The molecule has 5 heteroatoms. The number of benzene rings is 1. The first-order valence-electron chi connectivity index (χ1n) is 6.22. The van der Waals surface area contributed by atoms with Crippen molar-refractivity contribution < 1.29 is 4.74 Å². The number of anilines is 1. The number of hydrogen-bond donors (Lipinski definition) is 1. The predicted molar refractivity (Wildman–Crippen MR) is 77.2 cm³/mol. The van der Waals surface area contributed by atoms with Gasteiger partial charge in [0.1, 0.15) is 6.61 Å². The maximum absolute atomic E-state index is 5.85. The summed E-state index contributed by atoms with van der Waals surface area (Å²) in [4.78, 5) is 10.5. The summed E-state index contributed by atoms with van der Waals surface area (Å²) >= 11 is 0. The van der Waals surface area contributed by atoms with E-state index in [4.69, 9.17) is 10.5 Å². The SMILES string of the molecule is CN(C)C(C)(C)COc1nc(N)nc2ccccc12. The maximum atomic E-state index is 5.85. The molecule has 2 N–H and O–H groups in total. The van der Waals surface area contributed by atoms with Crippen LogP contribution in [-0.2, 0) is 0 Å². The van der Waals surface area contributed by atoms with E-state index in [1.807, 2.05) is 38.4 Å². The quantitative estimate of drug-likeness (QED) is 0.910. The number of fused-ring (bicyclic) bond motifs is 1. The van der Waals surface area contributed by atoms with Crippen molar-refractivity contribution in [2.24, 2.45) is 0 Å². The molecule has 0 aliphatic carbocycles. The summed E-state index contributed by atoms with van der Waals surface area (Å²) in [6.07, 6.45) is 0. The van der Waals surface area contributed by atoms with Crippen LogP contribution in [-0.4, -0.2) is 41.1 Å². The molecule has 1 aromatic heterocycles. The molecule has 0 aliphatic rings. The van der Waals surface area contributed by atoms with Gasteiger partial charge >= 0.3 is 0 Å². The third-order valence-corrected chi connectivity index (χ3v) is 3.36. The van der Waals surface area contributed by atoms with Gasteiger partial charge in [0, 0.05) is 5.54 Å². The van der Waals surface area contributed by atoms with Gasteiger partial charge in [-0.15, -0.1) is 0 Å². The average molecular weight is 260 g/mol. The molecule has 5 nitrogen and oxygen atoms in total. The highest BCUT2D eigenvalue weighted by atomic mass is 16.5. The van der Waals surface area contributed by atoms with Crippen LogP contribution in [0.4, 0.5) is 5.95 Å². The number of rotatable bonds is 4. The lowest BCUT2D eigenvalue weighted by Gasteiger charge is -2.32. The van der Waals surface area contributed by atoms with E-state index < -0.39 is 0 Å². The Morgan fingerprint density at radius 2 is 1.89 bits per heavy atom. The van der Waals surface area contributed by atoms with E-state index in [1.54, 1.807) is 0 Å². The summed E-state index contributed by atoms with van der Waals surface area (Å²) in [6.45, 7) is 4.75. The van der Waals surface area contributed by atoms with Gasteiger partial charge < -0.3 is 15.4 Å². The molecule has 2 rings (SSSR count).